The first kappa shape index (κ1) is 14.0. The first-order valence-corrected chi connectivity index (χ1v) is 6.20. The van der Waals surface area contributed by atoms with E-state index in [1.54, 1.807) is 30.4 Å². The van der Waals surface area contributed by atoms with Crippen LogP contribution in [-0.2, 0) is 4.79 Å². The van der Waals surface area contributed by atoms with E-state index in [-0.39, 0.29) is 12.5 Å². The third-order valence-corrected chi connectivity index (χ3v) is 2.70. The van der Waals surface area contributed by atoms with E-state index in [1.807, 2.05) is 4.90 Å². The number of fused-ring (bicyclic) bond motifs is 1. The van der Waals surface area contributed by atoms with Gasteiger partial charge in [0, 0.05) is 13.1 Å². The Morgan fingerprint density at radius 3 is 2.75 bits per heavy atom. The van der Waals surface area contributed by atoms with Gasteiger partial charge in [0.25, 0.3) is 0 Å². The van der Waals surface area contributed by atoms with Crippen LogP contribution in [0.15, 0.2) is 48.1 Å². The highest BCUT2D eigenvalue weighted by Crippen LogP contribution is 2.19. The Hall–Kier alpha value is -2.47. The van der Waals surface area contributed by atoms with Gasteiger partial charge in [0.05, 0.1) is 12.2 Å². The zero-order valence-corrected chi connectivity index (χ0v) is 11.1. The van der Waals surface area contributed by atoms with Gasteiger partial charge in [-0.05, 0) is 22.4 Å². The third-order valence-electron chi connectivity index (χ3n) is 2.70. The molecule has 6 nitrogen and oxygen atoms in total. The molecule has 20 heavy (non-hydrogen) atoms. The highest BCUT2D eigenvalue weighted by molar-refractivity contribution is 5.99. The lowest BCUT2D eigenvalue weighted by Crippen LogP contribution is -2.33. The third kappa shape index (κ3) is 3.30. The van der Waals surface area contributed by atoms with Crippen LogP contribution in [0.1, 0.15) is 0 Å². The van der Waals surface area contributed by atoms with Gasteiger partial charge in [-0.2, -0.15) is 0 Å². The summed E-state index contributed by atoms with van der Waals surface area (Å²) >= 11 is 0. The number of carbonyl (C=O) groups excluding carboxylic acids is 1. The van der Waals surface area contributed by atoms with Crippen LogP contribution < -0.4 is 5.32 Å². The van der Waals surface area contributed by atoms with Crippen LogP contribution in [0.4, 0.5) is 5.69 Å². The van der Waals surface area contributed by atoms with Crippen molar-refractivity contribution in [1.29, 1.82) is 0 Å². The molecule has 0 aliphatic heterocycles. The monoisotopic (exact) mass is 272 g/mol. The van der Waals surface area contributed by atoms with Crippen LogP contribution in [0.5, 0.6) is 0 Å². The van der Waals surface area contributed by atoms with Crippen LogP contribution in [0, 0.1) is 0 Å². The molecule has 0 bridgehead atoms. The summed E-state index contributed by atoms with van der Waals surface area (Å²) in [5, 5.41) is 10.3. The summed E-state index contributed by atoms with van der Waals surface area (Å²) in [5.41, 5.74) is 1.74. The fourth-order valence-corrected chi connectivity index (χ4v) is 1.87. The molecule has 0 radical (unpaired) electrons. The lowest BCUT2D eigenvalue weighted by atomic mass is 10.2. The molecule has 0 unspecified atom stereocenters. The zero-order chi connectivity index (χ0) is 14.4. The Kier molecular flexibility index (Phi) is 4.62. The molecule has 2 aromatic rings. The van der Waals surface area contributed by atoms with Crippen molar-refractivity contribution in [2.75, 3.05) is 25.0 Å². The van der Waals surface area contributed by atoms with Crippen LogP contribution in [-0.4, -0.2) is 40.8 Å². The molecule has 0 fully saturated rings. The van der Waals surface area contributed by atoms with E-state index in [2.05, 4.69) is 33.4 Å². The van der Waals surface area contributed by atoms with Gasteiger partial charge < -0.3 is 5.32 Å². The first-order valence-electron chi connectivity index (χ1n) is 6.20. The number of hydrogen-bond acceptors (Lipinski definition) is 5. The number of anilines is 1. The number of aromatic nitrogens is 2. The molecular formula is C14H16N4O2. The normalized spacial score (nSPS) is 10.7. The highest BCUT2D eigenvalue weighted by atomic mass is 16.6. The lowest BCUT2D eigenvalue weighted by molar-refractivity contribution is -0.117. The van der Waals surface area contributed by atoms with Gasteiger partial charge in [-0.3, -0.25) is 9.69 Å². The van der Waals surface area contributed by atoms with Gasteiger partial charge in [-0.1, -0.05) is 18.2 Å². The summed E-state index contributed by atoms with van der Waals surface area (Å²) in [6.07, 6.45) is 3.50. The average molecular weight is 272 g/mol. The van der Waals surface area contributed by atoms with E-state index in [4.69, 9.17) is 0 Å². The number of nitrogens with one attached hydrogen (secondary N) is 1. The molecule has 0 saturated carbocycles. The molecule has 1 amide bonds. The number of benzene rings is 1. The molecule has 0 spiro atoms. The van der Waals surface area contributed by atoms with E-state index >= 15 is 0 Å². The maximum Gasteiger partial charge on any atom is 0.238 e. The zero-order valence-electron chi connectivity index (χ0n) is 11.1. The van der Waals surface area contributed by atoms with Crippen molar-refractivity contribution >= 4 is 22.6 Å². The van der Waals surface area contributed by atoms with Crippen LogP contribution >= 0.6 is 0 Å². The van der Waals surface area contributed by atoms with Crippen molar-refractivity contribution < 1.29 is 9.42 Å². The van der Waals surface area contributed by atoms with Crippen LogP contribution in [0.25, 0.3) is 11.0 Å². The van der Waals surface area contributed by atoms with Crippen LogP contribution in [0.3, 0.4) is 0 Å². The second-order valence-corrected chi connectivity index (χ2v) is 4.26. The second-order valence-electron chi connectivity index (χ2n) is 4.26. The van der Waals surface area contributed by atoms with Gasteiger partial charge in [0.15, 0.2) is 5.52 Å². The Morgan fingerprint density at radius 2 is 2.05 bits per heavy atom. The van der Waals surface area contributed by atoms with E-state index in [1.165, 1.54) is 0 Å². The van der Waals surface area contributed by atoms with Crippen LogP contribution in [0.2, 0.25) is 0 Å². The Balaban J connectivity index is 2.05. The Bertz CT molecular complexity index is 610. The maximum absolute atomic E-state index is 12.0. The molecule has 1 aromatic heterocycles. The fraction of sp³-hybridized carbons (Fsp3) is 0.214. The molecule has 1 N–H and O–H groups in total. The average Bonchev–Trinajstić information content (AvgIpc) is 2.88. The van der Waals surface area contributed by atoms with Crippen molar-refractivity contribution in [3.05, 3.63) is 43.5 Å². The van der Waals surface area contributed by atoms with Gasteiger partial charge in [-0.15, -0.1) is 13.2 Å². The summed E-state index contributed by atoms with van der Waals surface area (Å²) in [7, 11) is 0. The summed E-state index contributed by atoms with van der Waals surface area (Å²) in [5.74, 6) is -0.135. The van der Waals surface area contributed by atoms with Crippen molar-refractivity contribution in [2.24, 2.45) is 0 Å². The summed E-state index contributed by atoms with van der Waals surface area (Å²) in [6.45, 7) is 8.83. The largest absolute Gasteiger partial charge is 0.323 e. The summed E-state index contributed by atoms with van der Waals surface area (Å²) < 4.78 is 4.66. The summed E-state index contributed by atoms with van der Waals surface area (Å²) in [4.78, 5) is 14.0. The van der Waals surface area contributed by atoms with Crippen molar-refractivity contribution in [3.8, 4) is 0 Å². The number of hydrogen-bond donors (Lipinski definition) is 1. The standard InChI is InChI=1S/C14H16N4O2/c1-3-8-18(9-4-2)10-13(19)15-11-6-5-7-12-14(11)17-20-16-12/h3-7H,1-2,8-10H2,(H,15,19). The Morgan fingerprint density at radius 1 is 1.30 bits per heavy atom. The number of nitrogens with zero attached hydrogens (tertiary/aromatic N) is 3. The molecule has 2 rings (SSSR count). The minimum absolute atomic E-state index is 0.135. The smallest absolute Gasteiger partial charge is 0.238 e. The highest BCUT2D eigenvalue weighted by Gasteiger charge is 2.12. The second kappa shape index (κ2) is 6.63. The fourth-order valence-electron chi connectivity index (χ4n) is 1.87. The SMILES string of the molecule is C=CCN(CC=C)CC(=O)Nc1cccc2nonc12. The number of carbonyl (C=O) groups is 1. The summed E-state index contributed by atoms with van der Waals surface area (Å²) in [6, 6.07) is 5.31. The van der Waals surface area contributed by atoms with E-state index in [0.717, 1.165) is 0 Å². The van der Waals surface area contributed by atoms with E-state index in [9.17, 15) is 4.79 Å². The van der Waals surface area contributed by atoms with Crippen molar-refractivity contribution in [3.63, 3.8) is 0 Å². The molecule has 1 heterocycles. The van der Waals surface area contributed by atoms with E-state index in [0.29, 0.717) is 29.8 Å². The molecule has 0 aliphatic carbocycles. The van der Waals surface area contributed by atoms with Gasteiger partial charge in [-0.25, -0.2) is 4.63 Å². The minimum Gasteiger partial charge on any atom is -0.323 e. The Labute approximate surface area is 116 Å². The van der Waals surface area contributed by atoms with Gasteiger partial charge >= 0.3 is 0 Å². The molecule has 0 saturated heterocycles. The molecule has 1 aromatic carbocycles. The molecular weight excluding hydrogens is 256 g/mol. The molecule has 0 aliphatic rings. The quantitative estimate of drug-likeness (QED) is 0.779. The number of rotatable bonds is 7. The molecule has 0 atom stereocenters. The molecule has 6 heteroatoms. The first-order chi connectivity index (χ1) is 9.74. The van der Waals surface area contributed by atoms with E-state index < -0.39 is 0 Å². The molecule has 104 valence electrons. The maximum atomic E-state index is 12.0. The van der Waals surface area contributed by atoms with Crippen molar-refractivity contribution in [2.45, 2.75) is 0 Å². The predicted octanol–water partition coefficient (Wildman–Crippen LogP) is 1.84. The minimum atomic E-state index is -0.135. The van der Waals surface area contributed by atoms with Gasteiger partial charge in [0.2, 0.25) is 5.91 Å². The van der Waals surface area contributed by atoms with Crippen molar-refractivity contribution in [1.82, 2.24) is 15.2 Å². The number of amides is 1. The van der Waals surface area contributed by atoms with Gasteiger partial charge in [0.1, 0.15) is 5.52 Å². The predicted molar refractivity (Wildman–Crippen MR) is 77.3 cm³/mol. The topological polar surface area (TPSA) is 71.3 Å². The lowest BCUT2D eigenvalue weighted by Gasteiger charge is -2.17.